The Morgan fingerprint density at radius 3 is 2.36 bits per heavy atom. The Bertz CT molecular complexity index is 708. The Morgan fingerprint density at radius 1 is 1.04 bits per heavy atom. The topological polar surface area (TPSA) is 47.6 Å². The molecule has 0 spiro atoms. The summed E-state index contributed by atoms with van der Waals surface area (Å²) < 4.78 is 11.5. The van der Waals surface area contributed by atoms with Gasteiger partial charge in [0.25, 0.3) is 5.91 Å². The van der Waals surface area contributed by atoms with Gasteiger partial charge in [0.2, 0.25) is 0 Å². The predicted molar refractivity (Wildman–Crippen MR) is 101 cm³/mol. The molecule has 0 aliphatic carbocycles. The van der Waals surface area contributed by atoms with E-state index in [4.69, 9.17) is 9.47 Å². The lowest BCUT2D eigenvalue weighted by Gasteiger charge is -2.17. The van der Waals surface area contributed by atoms with Crippen molar-refractivity contribution in [3.8, 4) is 11.5 Å². The molecule has 2 aromatic rings. The van der Waals surface area contributed by atoms with E-state index in [2.05, 4.69) is 19.2 Å². The second-order valence-corrected chi connectivity index (χ2v) is 6.75. The summed E-state index contributed by atoms with van der Waals surface area (Å²) in [6, 6.07) is 13.3. The van der Waals surface area contributed by atoms with Crippen molar-refractivity contribution in [1.82, 2.24) is 0 Å². The standard InChI is InChI=1S/C21H27NO3/c1-14(2)13-24-19-10-8-18(9-11-19)22-21(23)17(5)25-20-12-15(3)6-7-16(20)4/h6-12,14,17H,13H2,1-5H3,(H,22,23). The maximum Gasteiger partial charge on any atom is 0.265 e. The molecule has 134 valence electrons. The SMILES string of the molecule is Cc1ccc(C)c(OC(C)C(=O)Nc2ccc(OCC(C)C)cc2)c1. The molecule has 0 radical (unpaired) electrons. The van der Waals surface area contributed by atoms with Gasteiger partial charge in [-0.1, -0.05) is 26.0 Å². The van der Waals surface area contributed by atoms with Crippen LogP contribution in [0.25, 0.3) is 0 Å². The van der Waals surface area contributed by atoms with Crippen LogP contribution in [0.2, 0.25) is 0 Å². The Labute approximate surface area is 150 Å². The van der Waals surface area contributed by atoms with E-state index in [0.717, 1.165) is 28.3 Å². The number of carbonyl (C=O) groups is 1. The summed E-state index contributed by atoms with van der Waals surface area (Å²) >= 11 is 0. The first-order valence-corrected chi connectivity index (χ1v) is 8.63. The fourth-order valence-electron chi connectivity index (χ4n) is 2.22. The molecule has 1 amide bonds. The molecule has 0 fully saturated rings. The number of nitrogens with one attached hydrogen (secondary N) is 1. The molecule has 0 heterocycles. The van der Waals surface area contributed by atoms with E-state index < -0.39 is 6.10 Å². The molecule has 2 aromatic carbocycles. The zero-order valence-corrected chi connectivity index (χ0v) is 15.6. The van der Waals surface area contributed by atoms with Gasteiger partial charge in [0.05, 0.1) is 6.61 Å². The normalized spacial score (nSPS) is 11.9. The van der Waals surface area contributed by atoms with Crippen LogP contribution in [0.1, 0.15) is 31.9 Å². The van der Waals surface area contributed by atoms with Crippen molar-refractivity contribution in [2.75, 3.05) is 11.9 Å². The molecule has 0 bridgehead atoms. The Hall–Kier alpha value is -2.49. The number of hydrogen-bond acceptors (Lipinski definition) is 3. The molecular formula is C21H27NO3. The monoisotopic (exact) mass is 341 g/mol. The molecular weight excluding hydrogens is 314 g/mol. The van der Waals surface area contributed by atoms with Gasteiger partial charge >= 0.3 is 0 Å². The lowest BCUT2D eigenvalue weighted by Crippen LogP contribution is -2.30. The highest BCUT2D eigenvalue weighted by Gasteiger charge is 2.16. The van der Waals surface area contributed by atoms with Crippen LogP contribution in [0, 0.1) is 19.8 Å². The second kappa shape index (κ2) is 8.56. The van der Waals surface area contributed by atoms with Crippen molar-refractivity contribution < 1.29 is 14.3 Å². The largest absolute Gasteiger partial charge is 0.493 e. The van der Waals surface area contributed by atoms with Crippen molar-refractivity contribution >= 4 is 11.6 Å². The fourth-order valence-corrected chi connectivity index (χ4v) is 2.22. The first-order chi connectivity index (χ1) is 11.8. The first kappa shape index (κ1) is 18.8. The molecule has 25 heavy (non-hydrogen) atoms. The van der Waals surface area contributed by atoms with Crippen LogP contribution in [0.4, 0.5) is 5.69 Å². The fraction of sp³-hybridized carbons (Fsp3) is 0.381. The number of ether oxygens (including phenoxy) is 2. The van der Waals surface area contributed by atoms with Gasteiger partial charge in [0.1, 0.15) is 11.5 Å². The van der Waals surface area contributed by atoms with E-state index in [9.17, 15) is 4.79 Å². The number of carbonyl (C=O) groups excluding carboxylic acids is 1. The number of aryl methyl sites for hydroxylation is 2. The van der Waals surface area contributed by atoms with Crippen LogP contribution in [0.5, 0.6) is 11.5 Å². The van der Waals surface area contributed by atoms with Gasteiger partial charge in [-0.2, -0.15) is 0 Å². The van der Waals surface area contributed by atoms with Crippen LogP contribution in [-0.2, 0) is 4.79 Å². The molecule has 1 atom stereocenters. The minimum Gasteiger partial charge on any atom is -0.493 e. The number of anilines is 1. The van der Waals surface area contributed by atoms with Gasteiger partial charge in [-0.25, -0.2) is 0 Å². The zero-order chi connectivity index (χ0) is 18.4. The maximum atomic E-state index is 12.3. The molecule has 4 nitrogen and oxygen atoms in total. The number of hydrogen-bond donors (Lipinski definition) is 1. The molecule has 0 saturated carbocycles. The first-order valence-electron chi connectivity index (χ1n) is 8.63. The molecule has 1 unspecified atom stereocenters. The third kappa shape index (κ3) is 5.82. The van der Waals surface area contributed by atoms with Crippen molar-refractivity contribution in [2.24, 2.45) is 5.92 Å². The lowest BCUT2D eigenvalue weighted by atomic mass is 10.1. The van der Waals surface area contributed by atoms with E-state index in [1.54, 1.807) is 6.92 Å². The highest BCUT2D eigenvalue weighted by Crippen LogP contribution is 2.21. The van der Waals surface area contributed by atoms with Crippen LogP contribution < -0.4 is 14.8 Å². The van der Waals surface area contributed by atoms with Crippen LogP contribution in [-0.4, -0.2) is 18.6 Å². The molecule has 0 saturated heterocycles. The number of rotatable bonds is 7. The average molecular weight is 341 g/mol. The third-order valence-corrected chi connectivity index (χ3v) is 3.72. The molecule has 4 heteroatoms. The molecule has 0 aliphatic rings. The second-order valence-electron chi connectivity index (χ2n) is 6.75. The number of amides is 1. The summed E-state index contributed by atoms with van der Waals surface area (Å²) in [6.07, 6.45) is -0.586. The van der Waals surface area contributed by atoms with Crippen LogP contribution >= 0.6 is 0 Å². The zero-order valence-electron chi connectivity index (χ0n) is 15.6. The minimum absolute atomic E-state index is 0.184. The lowest BCUT2D eigenvalue weighted by molar-refractivity contribution is -0.122. The average Bonchev–Trinajstić information content (AvgIpc) is 2.57. The Kier molecular flexibility index (Phi) is 6.45. The maximum absolute atomic E-state index is 12.3. The van der Waals surface area contributed by atoms with Gasteiger partial charge in [0.15, 0.2) is 6.10 Å². The molecule has 0 aromatic heterocycles. The van der Waals surface area contributed by atoms with Crippen molar-refractivity contribution in [3.63, 3.8) is 0 Å². The predicted octanol–water partition coefficient (Wildman–Crippen LogP) is 4.74. The highest BCUT2D eigenvalue weighted by atomic mass is 16.5. The van der Waals surface area contributed by atoms with Crippen LogP contribution in [0.15, 0.2) is 42.5 Å². The summed E-state index contributed by atoms with van der Waals surface area (Å²) in [7, 11) is 0. The quantitative estimate of drug-likeness (QED) is 0.791. The summed E-state index contributed by atoms with van der Waals surface area (Å²) in [5, 5.41) is 2.87. The summed E-state index contributed by atoms with van der Waals surface area (Å²) in [6.45, 7) is 10.6. The van der Waals surface area contributed by atoms with Gasteiger partial charge in [-0.05, 0) is 68.1 Å². The van der Waals surface area contributed by atoms with E-state index in [-0.39, 0.29) is 5.91 Å². The van der Waals surface area contributed by atoms with Gasteiger partial charge < -0.3 is 14.8 Å². The molecule has 0 aliphatic heterocycles. The van der Waals surface area contributed by atoms with Gasteiger partial charge in [-0.3, -0.25) is 4.79 Å². The summed E-state index contributed by atoms with van der Waals surface area (Å²) in [5.74, 6) is 1.82. The Morgan fingerprint density at radius 2 is 1.72 bits per heavy atom. The van der Waals surface area contributed by atoms with Crippen LogP contribution in [0.3, 0.4) is 0 Å². The number of benzene rings is 2. The summed E-state index contributed by atoms with van der Waals surface area (Å²) in [5.41, 5.74) is 2.83. The minimum atomic E-state index is -0.586. The van der Waals surface area contributed by atoms with Crippen molar-refractivity contribution in [2.45, 2.75) is 40.7 Å². The van der Waals surface area contributed by atoms with E-state index in [0.29, 0.717) is 12.5 Å². The van der Waals surface area contributed by atoms with Gasteiger partial charge in [-0.15, -0.1) is 0 Å². The van der Waals surface area contributed by atoms with E-state index in [1.165, 1.54) is 0 Å². The van der Waals surface area contributed by atoms with Crippen molar-refractivity contribution in [3.05, 3.63) is 53.6 Å². The van der Waals surface area contributed by atoms with Gasteiger partial charge in [0, 0.05) is 5.69 Å². The van der Waals surface area contributed by atoms with E-state index in [1.807, 2.05) is 56.3 Å². The molecule has 2 rings (SSSR count). The van der Waals surface area contributed by atoms with Crippen molar-refractivity contribution in [1.29, 1.82) is 0 Å². The Balaban J connectivity index is 1.93. The third-order valence-electron chi connectivity index (χ3n) is 3.72. The smallest absolute Gasteiger partial charge is 0.265 e. The van der Waals surface area contributed by atoms with E-state index >= 15 is 0 Å². The molecule has 1 N–H and O–H groups in total. The summed E-state index contributed by atoms with van der Waals surface area (Å²) in [4.78, 5) is 12.3. The highest BCUT2D eigenvalue weighted by molar-refractivity contribution is 5.94.